The maximum Gasteiger partial charge on any atom is 0.416 e. The fraction of sp³-hybridized carbons (Fsp3) is 0.333. The van der Waals surface area contributed by atoms with E-state index in [-0.39, 0.29) is 11.9 Å². The predicted octanol–water partition coefficient (Wildman–Crippen LogP) is 4.12. The summed E-state index contributed by atoms with van der Waals surface area (Å²) in [4.78, 5) is 8.08. The number of hydrogen-bond acceptors (Lipinski definition) is 4. The van der Waals surface area contributed by atoms with Crippen molar-refractivity contribution in [2.75, 3.05) is 5.32 Å². The normalized spacial score (nSPS) is 13.3. The van der Waals surface area contributed by atoms with Crippen LogP contribution in [0.15, 0.2) is 29.9 Å². The van der Waals surface area contributed by atoms with Crippen LogP contribution in [0.25, 0.3) is 0 Å². The summed E-state index contributed by atoms with van der Waals surface area (Å²) < 4.78 is 37.8. The molecule has 2 aromatic rings. The number of alkyl halides is 3. The zero-order chi connectivity index (χ0) is 13.9. The topological polar surface area (TPSA) is 37.8 Å². The highest BCUT2D eigenvalue weighted by molar-refractivity contribution is 7.09. The lowest BCUT2D eigenvalue weighted by molar-refractivity contribution is -0.137. The molecule has 0 aromatic carbocycles. The van der Waals surface area contributed by atoms with E-state index in [2.05, 4.69) is 15.3 Å². The number of anilines is 1. The van der Waals surface area contributed by atoms with Gasteiger partial charge in [-0.25, -0.2) is 9.97 Å². The van der Waals surface area contributed by atoms with Gasteiger partial charge in [0, 0.05) is 17.8 Å². The van der Waals surface area contributed by atoms with Crippen LogP contribution >= 0.6 is 11.3 Å². The monoisotopic (exact) mass is 287 g/mol. The van der Waals surface area contributed by atoms with Gasteiger partial charge in [-0.3, -0.25) is 0 Å². The first kappa shape index (κ1) is 13.8. The molecule has 0 bridgehead atoms. The van der Waals surface area contributed by atoms with Crippen LogP contribution < -0.4 is 5.32 Å². The average molecular weight is 287 g/mol. The number of pyridine rings is 1. The van der Waals surface area contributed by atoms with Gasteiger partial charge in [0.25, 0.3) is 0 Å². The van der Waals surface area contributed by atoms with Gasteiger partial charge < -0.3 is 5.32 Å². The van der Waals surface area contributed by atoms with Gasteiger partial charge in [0.05, 0.1) is 11.6 Å². The molecule has 0 amide bonds. The molecule has 1 N–H and O–H groups in total. The fourth-order valence-electron chi connectivity index (χ4n) is 1.61. The van der Waals surface area contributed by atoms with Crippen LogP contribution in [0.3, 0.4) is 0 Å². The molecule has 3 nitrogen and oxygen atoms in total. The van der Waals surface area contributed by atoms with Crippen molar-refractivity contribution < 1.29 is 13.2 Å². The maximum atomic E-state index is 12.6. The van der Waals surface area contributed by atoms with E-state index in [9.17, 15) is 13.2 Å². The molecule has 1 atom stereocenters. The average Bonchev–Trinajstić information content (AvgIpc) is 2.89. The van der Waals surface area contributed by atoms with Crippen LogP contribution in [-0.4, -0.2) is 9.97 Å². The second kappa shape index (κ2) is 5.56. The summed E-state index contributed by atoms with van der Waals surface area (Å²) in [5.41, 5.74) is -0.709. The number of hydrogen-bond donors (Lipinski definition) is 1. The van der Waals surface area contributed by atoms with E-state index >= 15 is 0 Å². The SMILES string of the molecule is CCC(Nc1cc(C(F)(F)F)ccn1)c1nccs1. The third kappa shape index (κ3) is 3.44. The minimum atomic E-state index is -4.36. The summed E-state index contributed by atoms with van der Waals surface area (Å²) in [6, 6.07) is 1.84. The molecular weight excluding hydrogens is 275 g/mol. The minimum Gasteiger partial charge on any atom is -0.361 e. The molecule has 0 radical (unpaired) electrons. The second-order valence-electron chi connectivity index (χ2n) is 3.90. The largest absolute Gasteiger partial charge is 0.416 e. The Morgan fingerprint density at radius 1 is 1.32 bits per heavy atom. The molecule has 0 saturated carbocycles. The van der Waals surface area contributed by atoms with Gasteiger partial charge >= 0.3 is 6.18 Å². The number of nitrogens with one attached hydrogen (secondary N) is 1. The molecule has 19 heavy (non-hydrogen) atoms. The molecule has 7 heteroatoms. The summed E-state index contributed by atoms with van der Waals surface area (Å²) in [5.74, 6) is 0.205. The minimum absolute atomic E-state index is 0.129. The molecule has 0 spiro atoms. The maximum absolute atomic E-state index is 12.6. The summed E-state index contributed by atoms with van der Waals surface area (Å²) in [6.07, 6.45) is -0.822. The molecule has 0 saturated heterocycles. The molecule has 0 aliphatic rings. The van der Waals surface area contributed by atoms with E-state index in [1.54, 1.807) is 6.20 Å². The molecule has 0 fully saturated rings. The molecule has 2 rings (SSSR count). The Balaban J connectivity index is 2.19. The van der Waals surface area contributed by atoms with E-state index in [1.807, 2.05) is 12.3 Å². The summed E-state index contributed by atoms with van der Waals surface area (Å²) in [7, 11) is 0. The van der Waals surface area contributed by atoms with E-state index in [4.69, 9.17) is 0 Å². The number of rotatable bonds is 4. The van der Waals surface area contributed by atoms with Crippen molar-refractivity contribution in [1.82, 2.24) is 9.97 Å². The van der Waals surface area contributed by atoms with Crippen molar-refractivity contribution in [1.29, 1.82) is 0 Å². The molecule has 0 aliphatic carbocycles. The molecule has 1 unspecified atom stereocenters. The first-order valence-electron chi connectivity index (χ1n) is 5.70. The first-order valence-corrected chi connectivity index (χ1v) is 6.58. The first-order chi connectivity index (χ1) is 9.00. The zero-order valence-corrected chi connectivity index (χ0v) is 10.9. The van der Waals surface area contributed by atoms with Crippen LogP contribution in [0.5, 0.6) is 0 Å². The molecule has 2 heterocycles. The van der Waals surface area contributed by atoms with Gasteiger partial charge in [-0.1, -0.05) is 6.92 Å². The van der Waals surface area contributed by atoms with E-state index in [0.717, 1.165) is 23.3 Å². The summed E-state index contributed by atoms with van der Waals surface area (Å²) >= 11 is 1.46. The van der Waals surface area contributed by atoms with Crippen LogP contribution in [0.2, 0.25) is 0 Å². The van der Waals surface area contributed by atoms with Crippen molar-refractivity contribution in [2.45, 2.75) is 25.6 Å². The Labute approximate surface area is 112 Å². The lowest BCUT2D eigenvalue weighted by Gasteiger charge is -2.16. The third-order valence-electron chi connectivity index (χ3n) is 2.57. The Bertz CT molecular complexity index is 525. The Morgan fingerprint density at radius 2 is 2.11 bits per heavy atom. The van der Waals surface area contributed by atoms with Crippen LogP contribution in [0.1, 0.15) is 30.0 Å². The third-order valence-corrected chi connectivity index (χ3v) is 3.46. The van der Waals surface area contributed by atoms with E-state index in [1.165, 1.54) is 11.3 Å². The Morgan fingerprint density at radius 3 is 2.68 bits per heavy atom. The van der Waals surface area contributed by atoms with Gasteiger partial charge in [-0.05, 0) is 18.6 Å². The summed E-state index contributed by atoms with van der Waals surface area (Å²) in [5, 5.41) is 5.65. The highest BCUT2D eigenvalue weighted by atomic mass is 32.1. The van der Waals surface area contributed by atoms with Crippen LogP contribution in [-0.2, 0) is 6.18 Å². The molecule has 102 valence electrons. The number of aromatic nitrogens is 2. The highest BCUT2D eigenvalue weighted by Gasteiger charge is 2.30. The Hall–Kier alpha value is -1.63. The highest BCUT2D eigenvalue weighted by Crippen LogP contribution is 2.31. The molecule has 0 aliphatic heterocycles. The van der Waals surface area contributed by atoms with Gasteiger partial charge in [-0.15, -0.1) is 11.3 Å². The van der Waals surface area contributed by atoms with Crippen LogP contribution in [0.4, 0.5) is 19.0 Å². The smallest absolute Gasteiger partial charge is 0.361 e. The lowest BCUT2D eigenvalue weighted by atomic mass is 10.2. The van der Waals surface area contributed by atoms with Crippen molar-refractivity contribution >= 4 is 17.2 Å². The number of nitrogens with zero attached hydrogens (tertiary/aromatic N) is 2. The van der Waals surface area contributed by atoms with Crippen molar-refractivity contribution in [3.05, 3.63) is 40.5 Å². The predicted molar refractivity (Wildman–Crippen MR) is 68.0 cm³/mol. The molecular formula is C12H12F3N3S. The van der Waals surface area contributed by atoms with Gasteiger partial charge in [0.1, 0.15) is 10.8 Å². The zero-order valence-electron chi connectivity index (χ0n) is 10.1. The van der Waals surface area contributed by atoms with Gasteiger partial charge in [0.2, 0.25) is 0 Å². The van der Waals surface area contributed by atoms with Crippen molar-refractivity contribution in [3.63, 3.8) is 0 Å². The lowest BCUT2D eigenvalue weighted by Crippen LogP contribution is -2.12. The fourth-order valence-corrected chi connectivity index (χ4v) is 2.38. The van der Waals surface area contributed by atoms with E-state index < -0.39 is 11.7 Å². The van der Waals surface area contributed by atoms with Crippen molar-refractivity contribution in [3.8, 4) is 0 Å². The standard InChI is InChI=1S/C12H12F3N3S/c1-2-9(11-17-5-6-19-11)18-10-7-8(3-4-16-10)12(13,14)15/h3-7,9H,2H2,1H3,(H,16,18). The number of halogens is 3. The molecule has 2 aromatic heterocycles. The number of thiazole rings is 1. The quantitative estimate of drug-likeness (QED) is 0.919. The Kier molecular flexibility index (Phi) is 4.04. The van der Waals surface area contributed by atoms with Crippen LogP contribution in [0, 0.1) is 0 Å². The summed E-state index contributed by atoms with van der Waals surface area (Å²) in [6.45, 7) is 1.94. The van der Waals surface area contributed by atoms with Gasteiger partial charge in [-0.2, -0.15) is 13.2 Å². The van der Waals surface area contributed by atoms with E-state index in [0.29, 0.717) is 6.42 Å². The second-order valence-corrected chi connectivity index (χ2v) is 4.83. The van der Waals surface area contributed by atoms with Gasteiger partial charge in [0.15, 0.2) is 0 Å². The van der Waals surface area contributed by atoms with Crippen molar-refractivity contribution in [2.24, 2.45) is 0 Å².